The van der Waals surface area contributed by atoms with Gasteiger partial charge < -0.3 is 0 Å². The molecule has 0 fully saturated rings. The number of aromatic hydroxyl groups is 2. The van der Waals surface area contributed by atoms with E-state index in [1.807, 2.05) is 92.7 Å². The third-order valence-electron chi connectivity index (χ3n) is 7.38. The molecule has 6 aromatic rings. The summed E-state index contributed by atoms with van der Waals surface area (Å²) in [4.78, 5) is 0. The topological polar surface area (TPSA) is 40.5 Å². The molecule has 0 unspecified atom stereocenters. The Kier molecular flexibility index (Phi) is 12.8. The standard InChI is InChI=1S/C24H18Cl2O2Te.C15H16.C2H6/c25-29(26,19-11-13-23(27)21(15-19)17-7-3-1-4-8-17)20-12-14-24(28)22(16-20)18-9-5-2-6-10-18;1-12(2)13-8-10-15(11-9-13)14-6-4-3-5-7-14;1-2/h1-16,27-28H;3-12H,1-2H3;1-2H3. The fourth-order valence-electron chi connectivity index (χ4n) is 4.87. The van der Waals surface area contributed by atoms with E-state index in [0.29, 0.717) is 17.0 Å². The van der Waals surface area contributed by atoms with Gasteiger partial charge in [-0.1, -0.05) is 82.3 Å². The average molecular weight is 763 g/mol. The summed E-state index contributed by atoms with van der Waals surface area (Å²) in [7, 11) is 14.0. The van der Waals surface area contributed by atoms with Crippen molar-refractivity contribution in [3.63, 3.8) is 0 Å². The van der Waals surface area contributed by atoms with E-state index in [1.54, 1.807) is 24.3 Å². The Morgan fingerprint density at radius 1 is 0.457 bits per heavy atom. The summed E-state index contributed by atoms with van der Waals surface area (Å²) in [6, 6.07) is 49.2. The van der Waals surface area contributed by atoms with Crippen molar-refractivity contribution in [2.75, 3.05) is 0 Å². The molecule has 6 rings (SSSR count). The molecule has 0 aliphatic rings. The molecule has 0 saturated carbocycles. The third-order valence-corrected chi connectivity index (χ3v) is 17.0. The quantitative estimate of drug-likeness (QED) is 0.166. The van der Waals surface area contributed by atoms with E-state index in [4.69, 9.17) is 17.9 Å². The van der Waals surface area contributed by atoms with Crippen molar-refractivity contribution in [2.45, 2.75) is 33.6 Å². The Morgan fingerprint density at radius 2 is 0.804 bits per heavy atom. The van der Waals surface area contributed by atoms with E-state index in [0.717, 1.165) is 18.3 Å². The van der Waals surface area contributed by atoms with E-state index in [2.05, 4.69) is 62.4 Å². The molecule has 2 nitrogen and oxygen atoms in total. The van der Waals surface area contributed by atoms with Crippen LogP contribution in [0.1, 0.15) is 39.2 Å². The van der Waals surface area contributed by atoms with Crippen LogP contribution < -0.4 is 7.22 Å². The van der Waals surface area contributed by atoms with E-state index >= 15 is 0 Å². The van der Waals surface area contributed by atoms with E-state index in [9.17, 15) is 10.2 Å². The number of rotatable bonds is 6. The first-order valence-corrected chi connectivity index (χ1v) is 23.6. The summed E-state index contributed by atoms with van der Waals surface area (Å²) in [6.07, 6.45) is 0. The van der Waals surface area contributed by atoms with Gasteiger partial charge >= 0.3 is 182 Å². The average Bonchev–Trinajstić information content (AvgIpc) is 3.11. The number of halogens is 2. The van der Waals surface area contributed by atoms with Crippen LogP contribution >= 0.6 is 17.9 Å². The van der Waals surface area contributed by atoms with Crippen LogP contribution in [-0.4, -0.2) is 26.2 Å². The third kappa shape index (κ3) is 8.75. The molecule has 0 bridgehead atoms. The molecule has 0 aromatic heterocycles. The van der Waals surface area contributed by atoms with Crippen LogP contribution in [0.3, 0.4) is 0 Å². The number of phenols is 2. The Balaban J connectivity index is 0.000000237. The summed E-state index contributed by atoms with van der Waals surface area (Å²) >= 11 is -3.75. The van der Waals surface area contributed by atoms with Crippen LogP contribution in [0.4, 0.5) is 0 Å². The number of benzene rings is 6. The summed E-state index contributed by atoms with van der Waals surface area (Å²) < 4.78 is 1.63. The molecule has 0 spiro atoms. The molecule has 2 N–H and O–H groups in total. The van der Waals surface area contributed by atoms with Gasteiger partial charge in [0, 0.05) is 0 Å². The maximum atomic E-state index is 10.4. The molecular weight excluding hydrogens is 723 g/mol. The second kappa shape index (κ2) is 16.7. The zero-order chi connectivity index (χ0) is 33.1. The van der Waals surface area contributed by atoms with Gasteiger partial charge in [-0.05, 0) is 22.6 Å². The van der Waals surface area contributed by atoms with Gasteiger partial charge in [0.05, 0.1) is 0 Å². The van der Waals surface area contributed by atoms with Crippen LogP contribution in [0.5, 0.6) is 11.5 Å². The van der Waals surface area contributed by atoms with Gasteiger partial charge in [0.2, 0.25) is 0 Å². The molecule has 0 radical (unpaired) electrons. The first-order chi connectivity index (χ1) is 22.2. The van der Waals surface area contributed by atoms with Crippen molar-refractivity contribution in [2.24, 2.45) is 0 Å². The minimum atomic E-state index is -3.75. The van der Waals surface area contributed by atoms with Crippen LogP contribution in [0.15, 0.2) is 152 Å². The van der Waals surface area contributed by atoms with E-state index < -0.39 is 15.9 Å². The summed E-state index contributed by atoms with van der Waals surface area (Å²) in [5, 5.41) is 20.7. The first-order valence-electron chi connectivity index (χ1n) is 15.4. The van der Waals surface area contributed by atoms with Crippen LogP contribution in [-0.2, 0) is 0 Å². The van der Waals surface area contributed by atoms with Gasteiger partial charge in [-0.2, -0.15) is 0 Å². The van der Waals surface area contributed by atoms with Gasteiger partial charge in [0.1, 0.15) is 0 Å². The van der Waals surface area contributed by atoms with Crippen LogP contribution in [0, 0.1) is 0 Å². The molecule has 6 aromatic carbocycles. The van der Waals surface area contributed by atoms with Crippen LogP contribution in [0.2, 0.25) is 0 Å². The summed E-state index contributed by atoms with van der Waals surface area (Å²) in [6.45, 7) is 8.44. The van der Waals surface area contributed by atoms with Crippen molar-refractivity contribution in [1.82, 2.24) is 0 Å². The van der Waals surface area contributed by atoms with Crippen molar-refractivity contribution < 1.29 is 10.2 Å². The number of hydrogen-bond donors (Lipinski definition) is 2. The Hall–Kier alpha value is -3.71. The van der Waals surface area contributed by atoms with Crippen molar-refractivity contribution in [3.8, 4) is 44.9 Å². The zero-order valence-corrected chi connectivity index (χ0v) is 30.4. The Bertz CT molecular complexity index is 1710. The van der Waals surface area contributed by atoms with Gasteiger partial charge in [0.15, 0.2) is 0 Å². The fourth-order valence-corrected chi connectivity index (χ4v) is 11.1. The molecule has 0 heterocycles. The molecule has 0 aliphatic heterocycles. The zero-order valence-electron chi connectivity index (χ0n) is 26.6. The van der Waals surface area contributed by atoms with Gasteiger partial charge in [-0.15, -0.1) is 0 Å². The summed E-state index contributed by atoms with van der Waals surface area (Å²) in [5.41, 5.74) is 7.16. The van der Waals surface area contributed by atoms with Crippen molar-refractivity contribution in [1.29, 1.82) is 0 Å². The normalized spacial score (nSPS) is 11.1. The molecule has 46 heavy (non-hydrogen) atoms. The number of phenolic OH excluding ortho intramolecular Hbond substituents is 2. The second-order valence-corrected chi connectivity index (χ2v) is 23.3. The molecule has 0 aliphatic carbocycles. The van der Waals surface area contributed by atoms with Gasteiger partial charge in [-0.3, -0.25) is 0 Å². The monoisotopic (exact) mass is 764 g/mol. The molecule has 0 atom stereocenters. The molecular formula is C41H40Cl2O2Te. The van der Waals surface area contributed by atoms with Crippen molar-refractivity contribution in [3.05, 3.63) is 157 Å². The number of hydrogen-bond acceptors (Lipinski definition) is 2. The Morgan fingerprint density at radius 3 is 1.17 bits per heavy atom. The van der Waals surface area contributed by atoms with Crippen LogP contribution in [0.25, 0.3) is 33.4 Å². The molecule has 0 saturated heterocycles. The van der Waals surface area contributed by atoms with Gasteiger partial charge in [0.25, 0.3) is 0 Å². The second-order valence-electron chi connectivity index (χ2n) is 10.7. The van der Waals surface area contributed by atoms with E-state index in [-0.39, 0.29) is 11.5 Å². The summed E-state index contributed by atoms with van der Waals surface area (Å²) in [5.74, 6) is 0.972. The molecule has 236 valence electrons. The van der Waals surface area contributed by atoms with Crippen molar-refractivity contribution >= 4 is 41.1 Å². The molecule has 5 heteroatoms. The Labute approximate surface area is 285 Å². The SMILES string of the molecule is CC.CC(C)c1ccc(-c2ccccc2)cc1.Oc1ccc([Te](Cl)(Cl)c2ccc(O)c(-c3ccccc3)c2)cc1-c1ccccc1. The van der Waals surface area contributed by atoms with E-state index in [1.165, 1.54) is 16.7 Å². The maximum absolute atomic E-state index is 10.4. The predicted molar refractivity (Wildman–Crippen MR) is 201 cm³/mol. The predicted octanol–water partition coefficient (Wildman–Crippen LogP) is 11.0. The van der Waals surface area contributed by atoms with Gasteiger partial charge in [-0.25, -0.2) is 0 Å². The minimum absolute atomic E-state index is 0.183. The first kappa shape index (κ1) is 35.1. The molecule has 0 amide bonds. The fraction of sp³-hybridized carbons (Fsp3) is 0.122.